The van der Waals surface area contributed by atoms with Crippen molar-refractivity contribution in [2.45, 2.75) is 79.1 Å². The molecule has 0 aliphatic heterocycles. The Labute approximate surface area is 184 Å². The van der Waals surface area contributed by atoms with Gasteiger partial charge in [0.15, 0.2) is 0 Å². The van der Waals surface area contributed by atoms with Crippen molar-refractivity contribution in [3.05, 3.63) is 11.1 Å². The van der Waals surface area contributed by atoms with Crippen LogP contribution in [0.2, 0.25) is 0 Å². The number of carbonyl (C=O) groups is 1. The maximum atomic E-state index is 11.8. The molecule has 4 unspecified atom stereocenters. The second kappa shape index (κ2) is 7.23. The summed E-state index contributed by atoms with van der Waals surface area (Å²) < 4.78 is 0. The molecule has 3 aliphatic rings. The van der Waals surface area contributed by atoms with Crippen LogP contribution in [0, 0.1) is 28.6 Å². The van der Waals surface area contributed by atoms with E-state index in [1.807, 2.05) is 6.92 Å². The van der Waals surface area contributed by atoms with E-state index in [4.69, 9.17) is 0 Å². The number of fused-ring (bicyclic) bond motifs is 2. The molecule has 3 aliphatic carbocycles. The summed E-state index contributed by atoms with van der Waals surface area (Å²) in [6, 6.07) is 0. The third-order valence-electron chi connectivity index (χ3n) is 7.46. The number of carboxylic acid groups (broad SMARTS) is 1. The molecule has 0 amide bonds. The normalized spacial score (nSPS) is 40.2. The van der Waals surface area contributed by atoms with Crippen LogP contribution in [-0.4, -0.2) is 5.97 Å². The first-order valence-electron chi connectivity index (χ1n) is 9.22. The van der Waals surface area contributed by atoms with Gasteiger partial charge in [0.25, 0.3) is 0 Å². The van der Waals surface area contributed by atoms with Gasteiger partial charge in [-0.25, -0.2) is 0 Å². The summed E-state index contributed by atoms with van der Waals surface area (Å²) >= 11 is 0. The second-order valence-corrected chi connectivity index (χ2v) is 8.90. The number of rotatable bonds is 2. The van der Waals surface area contributed by atoms with E-state index in [9.17, 15) is 9.90 Å². The third kappa shape index (κ3) is 3.30. The van der Waals surface area contributed by atoms with E-state index in [-0.39, 0.29) is 62.7 Å². The SMILES string of the molecule is CC(C)C1CCC2=C(CCC3C(C)(C(=O)[O-])CCCC23C)C1.[K+]. The third-order valence-corrected chi connectivity index (χ3v) is 7.46. The van der Waals surface area contributed by atoms with Crippen LogP contribution in [0.15, 0.2) is 11.1 Å². The minimum absolute atomic E-state index is 0. The molecule has 124 valence electrons. The molecule has 23 heavy (non-hydrogen) atoms. The van der Waals surface area contributed by atoms with Gasteiger partial charge in [-0.3, -0.25) is 0 Å². The summed E-state index contributed by atoms with van der Waals surface area (Å²) in [5.74, 6) is 1.05. The number of carbonyl (C=O) groups excluding carboxylic acids is 1. The number of hydrogen-bond donors (Lipinski definition) is 0. The fourth-order valence-corrected chi connectivity index (χ4v) is 6.00. The first-order chi connectivity index (χ1) is 10.3. The minimum Gasteiger partial charge on any atom is -0.550 e. The van der Waals surface area contributed by atoms with Crippen LogP contribution in [0.1, 0.15) is 79.1 Å². The van der Waals surface area contributed by atoms with Crippen molar-refractivity contribution in [1.29, 1.82) is 0 Å². The van der Waals surface area contributed by atoms with Crippen molar-refractivity contribution in [3.8, 4) is 0 Å². The van der Waals surface area contributed by atoms with E-state index < -0.39 is 11.4 Å². The Bertz CT molecular complexity index is 510. The van der Waals surface area contributed by atoms with Crippen molar-refractivity contribution in [3.63, 3.8) is 0 Å². The first kappa shape index (κ1) is 20.2. The molecule has 1 fully saturated rings. The minimum atomic E-state index is -0.816. The average Bonchev–Trinajstić information content (AvgIpc) is 2.46. The largest absolute Gasteiger partial charge is 1.00 e. The average molecular weight is 343 g/mol. The molecule has 0 N–H and O–H groups in total. The van der Waals surface area contributed by atoms with E-state index in [0.29, 0.717) is 0 Å². The molecule has 0 aromatic heterocycles. The standard InChI is InChI=1S/C20H32O2.K/c1-13(2)14-6-8-16-15(12-14)7-9-17-19(16,3)10-5-11-20(17,4)18(21)22;/h13-14,17H,5-12H2,1-4H3,(H,21,22);/q;+1/p-1. The summed E-state index contributed by atoms with van der Waals surface area (Å²) in [7, 11) is 0. The van der Waals surface area contributed by atoms with Crippen LogP contribution in [0.4, 0.5) is 0 Å². The van der Waals surface area contributed by atoms with Crippen LogP contribution in [0.5, 0.6) is 0 Å². The Balaban J connectivity index is 0.00000192. The van der Waals surface area contributed by atoms with Gasteiger partial charge in [0.1, 0.15) is 0 Å². The van der Waals surface area contributed by atoms with Crippen molar-refractivity contribution in [2.75, 3.05) is 0 Å². The van der Waals surface area contributed by atoms with Crippen LogP contribution in [-0.2, 0) is 4.79 Å². The van der Waals surface area contributed by atoms with Crippen molar-refractivity contribution < 1.29 is 61.3 Å². The molecule has 0 saturated heterocycles. The molecule has 0 aromatic carbocycles. The molecule has 0 spiro atoms. The molecule has 1 saturated carbocycles. The van der Waals surface area contributed by atoms with Crippen LogP contribution >= 0.6 is 0 Å². The van der Waals surface area contributed by atoms with Crippen LogP contribution in [0.3, 0.4) is 0 Å². The molecular formula is C20H31KO2. The molecular weight excluding hydrogens is 311 g/mol. The number of aliphatic carboxylic acids is 1. The maximum Gasteiger partial charge on any atom is 1.00 e. The van der Waals surface area contributed by atoms with E-state index in [1.165, 1.54) is 25.7 Å². The van der Waals surface area contributed by atoms with Gasteiger partial charge in [-0.1, -0.05) is 45.3 Å². The second-order valence-electron chi connectivity index (χ2n) is 8.90. The summed E-state index contributed by atoms with van der Waals surface area (Å²) in [5.41, 5.74) is 2.82. The van der Waals surface area contributed by atoms with E-state index in [0.717, 1.165) is 37.5 Å². The summed E-state index contributed by atoms with van der Waals surface area (Å²) in [6.07, 6.45) is 8.93. The Morgan fingerprint density at radius 3 is 2.48 bits per heavy atom. The zero-order valence-corrected chi connectivity index (χ0v) is 18.8. The zero-order valence-electron chi connectivity index (χ0n) is 15.7. The fourth-order valence-electron chi connectivity index (χ4n) is 6.00. The summed E-state index contributed by atoms with van der Waals surface area (Å²) in [6.45, 7) is 9.01. The molecule has 0 heterocycles. The Kier molecular flexibility index (Phi) is 6.33. The van der Waals surface area contributed by atoms with Gasteiger partial charge in [0.05, 0.1) is 0 Å². The van der Waals surface area contributed by atoms with E-state index in [2.05, 4.69) is 20.8 Å². The van der Waals surface area contributed by atoms with Crippen molar-refractivity contribution in [1.82, 2.24) is 0 Å². The monoisotopic (exact) mass is 342 g/mol. The van der Waals surface area contributed by atoms with Gasteiger partial charge in [-0.05, 0) is 68.1 Å². The zero-order chi connectivity index (χ0) is 16.1. The number of allylic oxidation sites excluding steroid dienone is 2. The molecule has 2 nitrogen and oxygen atoms in total. The Morgan fingerprint density at radius 1 is 1.17 bits per heavy atom. The molecule has 3 rings (SSSR count). The topological polar surface area (TPSA) is 40.1 Å². The molecule has 0 bridgehead atoms. The summed E-state index contributed by atoms with van der Waals surface area (Å²) in [5, 5.41) is 11.8. The van der Waals surface area contributed by atoms with Crippen molar-refractivity contribution >= 4 is 5.97 Å². The van der Waals surface area contributed by atoms with Crippen LogP contribution in [0.25, 0.3) is 0 Å². The Hall–Kier alpha value is 0.846. The van der Waals surface area contributed by atoms with Gasteiger partial charge in [0.2, 0.25) is 0 Å². The predicted octanol–water partition coefficient (Wildman–Crippen LogP) is 1.10. The molecule has 4 atom stereocenters. The Morgan fingerprint density at radius 2 is 1.87 bits per heavy atom. The molecule has 0 radical (unpaired) electrons. The maximum absolute atomic E-state index is 11.8. The van der Waals surface area contributed by atoms with E-state index >= 15 is 0 Å². The first-order valence-corrected chi connectivity index (χ1v) is 9.22. The molecule has 3 heteroatoms. The van der Waals surface area contributed by atoms with Gasteiger partial charge in [-0.15, -0.1) is 0 Å². The van der Waals surface area contributed by atoms with Crippen LogP contribution < -0.4 is 56.5 Å². The quantitative estimate of drug-likeness (QED) is 0.557. The fraction of sp³-hybridized carbons (Fsp3) is 0.850. The van der Waals surface area contributed by atoms with Gasteiger partial charge >= 0.3 is 51.4 Å². The van der Waals surface area contributed by atoms with Gasteiger partial charge in [0, 0.05) is 11.4 Å². The molecule has 0 aromatic rings. The van der Waals surface area contributed by atoms with E-state index in [1.54, 1.807) is 11.1 Å². The van der Waals surface area contributed by atoms with Gasteiger partial charge < -0.3 is 9.90 Å². The van der Waals surface area contributed by atoms with Gasteiger partial charge in [-0.2, -0.15) is 0 Å². The predicted molar refractivity (Wildman–Crippen MR) is 87.0 cm³/mol. The summed E-state index contributed by atoms with van der Waals surface area (Å²) in [4.78, 5) is 11.8. The van der Waals surface area contributed by atoms with Crippen molar-refractivity contribution in [2.24, 2.45) is 28.6 Å². The number of carboxylic acids is 1. The smallest absolute Gasteiger partial charge is 0.550 e. The number of hydrogen-bond acceptors (Lipinski definition) is 2.